The Balaban J connectivity index is 1.70. The molecule has 0 saturated heterocycles. The fourth-order valence-electron chi connectivity index (χ4n) is 3.22. The smallest absolute Gasteiger partial charge is 0.294 e. The number of thiophene rings is 1. The minimum Gasteiger partial charge on any atom is -0.294 e. The van der Waals surface area contributed by atoms with Gasteiger partial charge >= 0.3 is 5.76 Å². The molecule has 9 heteroatoms. The topological polar surface area (TPSA) is 69.0 Å². The Hall–Kier alpha value is -2.91. The number of halogens is 2. The predicted molar refractivity (Wildman–Crippen MR) is 113 cm³/mol. The monoisotopic (exact) mass is 446 g/mol. The van der Waals surface area contributed by atoms with Crippen LogP contribution in [0.1, 0.15) is 11.1 Å². The van der Waals surface area contributed by atoms with E-state index < -0.39 is 20.5 Å². The van der Waals surface area contributed by atoms with Crippen LogP contribution in [-0.2, 0) is 16.4 Å². The first-order valence-electron chi connectivity index (χ1n) is 8.94. The number of aromatic nitrogens is 2. The van der Waals surface area contributed by atoms with Crippen LogP contribution < -0.4 is 5.56 Å². The molecule has 0 amide bonds. The third-order valence-corrected chi connectivity index (χ3v) is 7.44. The molecule has 0 aliphatic carbocycles. The zero-order valence-electron chi connectivity index (χ0n) is 15.7. The normalized spacial score (nSPS) is 12.0. The summed E-state index contributed by atoms with van der Waals surface area (Å²) in [5, 5.41) is 0.540. The third-order valence-electron chi connectivity index (χ3n) is 4.79. The highest BCUT2D eigenvalue weighted by Gasteiger charge is 2.26. The summed E-state index contributed by atoms with van der Waals surface area (Å²) in [6.07, 6.45) is 1.44. The third kappa shape index (κ3) is 3.54. The number of aryl methyl sites for hydroxylation is 1. The Labute approximate surface area is 175 Å². The van der Waals surface area contributed by atoms with Crippen LogP contribution >= 0.6 is 11.3 Å². The van der Waals surface area contributed by atoms with E-state index in [4.69, 9.17) is 0 Å². The zero-order valence-corrected chi connectivity index (χ0v) is 17.4. The lowest BCUT2D eigenvalue weighted by Crippen LogP contribution is -2.21. The summed E-state index contributed by atoms with van der Waals surface area (Å²) in [5.74, 6) is -3.47. The first-order valence-corrected chi connectivity index (χ1v) is 11.3. The molecular weight excluding hydrogens is 430 g/mol. The number of alkyl halides is 2. The second-order valence-electron chi connectivity index (χ2n) is 6.73. The van der Waals surface area contributed by atoms with E-state index in [2.05, 4.69) is 4.98 Å². The molecular formula is C21H16F2N2O3S2. The van der Waals surface area contributed by atoms with Crippen molar-refractivity contribution in [1.29, 1.82) is 0 Å². The fourth-order valence-corrected chi connectivity index (χ4v) is 5.09. The van der Waals surface area contributed by atoms with Crippen molar-refractivity contribution in [1.82, 2.24) is 9.55 Å². The molecule has 0 radical (unpaired) electrons. The summed E-state index contributed by atoms with van der Waals surface area (Å²) in [4.78, 5) is 18.6. The van der Waals surface area contributed by atoms with Crippen LogP contribution in [0.4, 0.5) is 8.78 Å². The van der Waals surface area contributed by atoms with E-state index in [-0.39, 0.29) is 12.1 Å². The molecule has 2 aromatic heterocycles. The van der Waals surface area contributed by atoms with Crippen molar-refractivity contribution in [2.24, 2.45) is 0 Å². The van der Waals surface area contributed by atoms with Crippen molar-refractivity contribution in [3.05, 3.63) is 82.4 Å². The van der Waals surface area contributed by atoms with Gasteiger partial charge in [0.05, 0.1) is 23.2 Å². The van der Waals surface area contributed by atoms with Crippen LogP contribution in [0.3, 0.4) is 0 Å². The number of nitrogens with zero attached hydrogens (tertiary/aromatic N) is 2. The van der Waals surface area contributed by atoms with Gasteiger partial charge in [0.2, 0.25) is 9.84 Å². The van der Waals surface area contributed by atoms with Crippen molar-refractivity contribution in [2.75, 3.05) is 0 Å². The SMILES string of the molecule is Cc1c(-c2ccccc2)sc2ncn(Cc3ccc(S(=O)(=O)C(F)F)cc3)c(=O)c12. The number of hydrogen-bond donors (Lipinski definition) is 0. The van der Waals surface area contributed by atoms with Crippen molar-refractivity contribution >= 4 is 31.4 Å². The average molecular weight is 447 g/mol. The molecule has 4 aromatic rings. The summed E-state index contributed by atoms with van der Waals surface area (Å²) < 4.78 is 49.9. The fraction of sp³-hybridized carbons (Fsp3) is 0.143. The molecule has 4 rings (SSSR count). The quantitative estimate of drug-likeness (QED) is 0.453. The Kier molecular flexibility index (Phi) is 5.25. The maximum atomic E-state index is 13.0. The minimum absolute atomic E-state index is 0.146. The largest absolute Gasteiger partial charge is 0.341 e. The van der Waals surface area contributed by atoms with Crippen LogP contribution in [-0.4, -0.2) is 23.7 Å². The van der Waals surface area contributed by atoms with E-state index in [1.165, 1.54) is 34.4 Å². The maximum Gasteiger partial charge on any atom is 0.341 e. The molecule has 0 spiro atoms. The van der Waals surface area contributed by atoms with Gasteiger partial charge in [-0.2, -0.15) is 8.78 Å². The van der Waals surface area contributed by atoms with Crippen molar-refractivity contribution in [3.63, 3.8) is 0 Å². The van der Waals surface area contributed by atoms with E-state index in [1.54, 1.807) is 0 Å². The summed E-state index contributed by atoms with van der Waals surface area (Å²) in [6, 6.07) is 14.8. The van der Waals surface area contributed by atoms with Crippen LogP contribution in [0, 0.1) is 6.92 Å². The Morgan fingerprint density at radius 2 is 1.73 bits per heavy atom. The first kappa shape index (κ1) is 20.4. The first-order chi connectivity index (χ1) is 14.3. The number of hydrogen-bond acceptors (Lipinski definition) is 5. The predicted octanol–water partition coefficient (Wildman–Crippen LogP) is 4.48. The molecule has 0 aliphatic heterocycles. The molecule has 0 fully saturated rings. The van der Waals surface area contributed by atoms with Gasteiger partial charge in [-0.25, -0.2) is 13.4 Å². The van der Waals surface area contributed by atoms with Crippen molar-refractivity contribution in [3.8, 4) is 10.4 Å². The highest BCUT2D eigenvalue weighted by atomic mass is 32.2. The van der Waals surface area contributed by atoms with Crippen LogP contribution in [0.25, 0.3) is 20.7 Å². The highest BCUT2D eigenvalue weighted by Crippen LogP contribution is 2.35. The molecule has 5 nitrogen and oxygen atoms in total. The molecule has 0 atom stereocenters. The van der Waals surface area contributed by atoms with Crippen molar-refractivity contribution < 1.29 is 17.2 Å². The lowest BCUT2D eigenvalue weighted by Gasteiger charge is -2.07. The van der Waals surface area contributed by atoms with Crippen LogP contribution in [0.5, 0.6) is 0 Å². The molecule has 0 bridgehead atoms. The second kappa shape index (κ2) is 7.73. The van der Waals surface area contributed by atoms with Crippen molar-refractivity contribution in [2.45, 2.75) is 24.1 Å². The van der Waals surface area contributed by atoms with E-state index in [9.17, 15) is 22.0 Å². The zero-order chi connectivity index (χ0) is 21.5. The molecule has 0 N–H and O–H groups in total. The van der Waals surface area contributed by atoms with Gasteiger partial charge in [0.1, 0.15) is 4.83 Å². The van der Waals surface area contributed by atoms with E-state index in [0.717, 1.165) is 28.1 Å². The highest BCUT2D eigenvalue weighted by molar-refractivity contribution is 7.91. The molecule has 0 saturated carbocycles. The van der Waals surface area contributed by atoms with E-state index in [1.807, 2.05) is 37.3 Å². The lowest BCUT2D eigenvalue weighted by atomic mass is 10.1. The number of benzene rings is 2. The lowest BCUT2D eigenvalue weighted by molar-refractivity contribution is 0.234. The summed E-state index contributed by atoms with van der Waals surface area (Å²) in [7, 11) is -4.65. The van der Waals surface area contributed by atoms with Crippen LogP contribution in [0.2, 0.25) is 0 Å². The minimum atomic E-state index is -4.65. The number of fused-ring (bicyclic) bond motifs is 1. The van der Waals surface area contributed by atoms with E-state index in [0.29, 0.717) is 15.8 Å². The van der Waals surface area contributed by atoms with Gasteiger partial charge < -0.3 is 0 Å². The number of rotatable bonds is 5. The van der Waals surface area contributed by atoms with Gasteiger partial charge in [-0.3, -0.25) is 9.36 Å². The van der Waals surface area contributed by atoms with Gasteiger partial charge in [0.25, 0.3) is 5.56 Å². The van der Waals surface area contributed by atoms with Crippen LogP contribution in [0.15, 0.2) is 70.6 Å². The van der Waals surface area contributed by atoms with Gasteiger partial charge in [-0.1, -0.05) is 42.5 Å². The Morgan fingerprint density at radius 3 is 2.37 bits per heavy atom. The summed E-state index contributed by atoms with van der Waals surface area (Å²) in [6.45, 7) is 2.03. The summed E-state index contributed by atoms with van der Waals surface area (Å²) in [5.41, 5.74) is 2.26. The molecule has 30 heavy (non-hydrogen) atoms. The maximum absolute atomic E-state index is 13.0. The molecule has 2 aromatic carbocycles. The van der Waals surface area contributed by atoms with Gasteiger partial charge in [-0.05, 0) is 35.7 Å². The Morgan fingerprint density at radius 1 is 1.07 bits per heavy atom. The standard InChI is InChI=1S/C21H16F2N2O3S2/c1-13-17-19(29-18(13)15-5-3-2-4-6-15)24-12-25(20(17)26)11-14-7-9-16(10-8-14)30(27,28)21(22)23/h2-10,12,21H,11H2,1H3. The summed E-state index contributed by atoms with van der Waals surface area (Å²) >= 11 is 1.45. The second-order valence-corrected chi connectivity index (χ2v) is 9.65. The molecule has 2 heterocycles. The molecule has 0 unspecified atom stereocenters. The molecule has 154 valence electrons. The average Bonchev–Trinajstić information content (AvgIpc) is 3.08. The van der Waals surface area contributed by atoms with Gasteiger partial charge in [0, 0.05) is 4.88 Å². The molecule has 0 aliphatic rings. The van der Waals surface area contributed by atoms with Gasteiger partial charge in [-0.15, -0.1) is 11.3 Å². The number of sulfone groups is 1. The van der Waals surface area contributed by atoms with Gasteiger partial charge in [0.15, 0.2) is 0 Å². The Bertz CT molecular complexity index is 1380. The van der Waals surface area contributed by atoms with E-state index >= 15 is 0 Å².